The summed E-state index contributed by atoms with van der Waals surface area (Å²) in [5.41, 5.74) is 7.68. The number of benzene rings is 1. The van der Waals surface area contributed by atoms with Crippen molar-refractivity contribution in [2.24, 2.45) is 5.73 Å². The molecule has 4 heteroatoms. The van der Waals surface area contributed by atoms with Crippen molar-refractivity contribution < 1.29 is 9.47 Å². The van der Waals surface area contributed by atoms with E-state index >= 15 is 0 Å². The zero-order chi connectivity index (χ0) is 15.2. The number of hydrogen-bond acceptors (Lipinski definition) is 4. The average molecular weight is 288 g/mol. The lowest BCUT2D eigenvalue weighted by Crippen LogP contribution is -2.44. The standard InChI is InChI=1S/C17H24N2O2/c1-13-10-19(11-14(2)21-13)12-16-9-17(20-3)7-6-15(16)5-4-8-18/h6-7,9,13-14H,8,10-12,18H2,1-3H3/t13-,14+. The van der Waals surface area contributed by atoms with Crippen LogP contribution < -0.4 is 10.5 Å². The molecular weight excluding hydrogens is 264 g/mol. The topological polar surface area (TPSA) is 47.7 Å². The predicted octanol–water partition coefficient (Wildman–Crippen LogP) is 1.61. The molecule has 4 nitrogen and oxygen atoms in total. The molecule has 0 radical (unpaired) electrons. The number of ether oxygens (including phenoxy) is 2. The highest BCUT2D eigenvalue weighted by atomic mass is 16.5. The van der Waals surface area contributed by atoms with Crippen molar-refractivity contribution in [3.63, 3.8) is 0 Å². The van der Waals surface area contributed by atoms with Gasteiger partial charge in [-0.1, -0.05) is 11.8 Å². The molecule has 1 fully saturated rings. The summed E-state index contributed by atoms with van der Waals surface area (Å²) in [6.07, 6.45) is 0.524. The zero-order valence-electron chi connectivity index (χ0n) is 13.1. The monoisotopic (exact) mass is 288 g/mol. The maximum absolute atomic E-state index is 5.78. The molecular formula is C17H24N2O2. The Labute approximate surface area is 127 Å². The van der Waals surface area contributed by atoms with E-state index in [1.54, 1.807) is 7.11 Å². The van der Waals surface area contributed by atoms with Crippen molar-refractivity contribution in [2.75, 3.05) is 26.7 Å². The minimum Gasteiger partial charge on any atom is -0.497 e. The molecule has 0 bridgehead atoms. The van der Waals surface area contributed by atoms with Crippen LogP contribution in [0, 0.1) is 11.8 Å². The molecule has 0 aromatic heterocycles. The molecule has 1 aromatic carbocycles. The van der Waals surface area contributed by atoms with Crippen molar-refractivity contribution in [2.45, 2.75) is 32.6 Å². The van der Waals surface area contributed by atoms with Crippen LogP contribution in [0.1, 0.15) is 25.0 Å². The van der Waals surface area contributed by atoms with Gasteiger partial charge in [0.1, 0.15) is 5.75 Å². The summed E-state index contributed by atoms with van der Waals surface area (Å²) >= 11 is 0. The molecule has 1 aliphatic rings. The van der Waals surface area contributed by atoms with Crippen LogP contribution in [-0.2, 0) is 11.3 Å². The molecule has 0 amide bonds. The molecule has 1 heterocycles. The summed E-state index contributed by atoms with van der Waals surface area (Å²) in [7, 11) is 1.68. The lowest BCUT2D eigenvalue weighted by molar-refractivity contribution is -0.0705. The largest absolute Gasteiger partial charge is 0.497 e. The van der Waals surface area contributed by atoms with Gasteiger partial charge < -0.3 is 15.2 Å². The van der Waals surface area contributed by atoms with E-state index in [0.717, 1.165) is 30.9 Å². The third kappa shape index (κ3) is 4.47. The summed E-state index contributed by atoms with van der Waals surface area (Å²) in [6, 6.07) is 6.00. The highest BCUT2D eigenvalue weighted by Crippen LogP contribution is 2.21. The van der Waals surface area contributed by atoms with E-state index in [4.69, 9.17) is 15.2 Å². The Balaban J connectivity index is 2.20. The van der Waals surface area contributed by atoms with Gasteiger partial charge in [-0.15, -0.1) is 0 Å². The molecule has 2 rings (SSSR count). The third-order valence-electron chi connectivity index (χ3n) is 3.53. The second kappa shape index (κ2) is 7.46. The molecule has 2 atom stereocenters. The fraction of sp³-hybridized carbons (Fsp3) is 0.529. The average Bonchev–Trinajstić information content (AvgIpc) is 2.44. The van der Waals surface area contributed by atoms with E-state index in [9.17, 15) is 0 Å². The van der Waals surface area contributed by atoms with Crippen molar-refractivity contribution in [1.29, 1.82) is 0 Å². The maximum atomic E-state index is 5.78. The molecule has 21 heavy (non-hydrogen) atoms. The Bertz CT molecular complexity index is 523. The first kappa shape index (κ1) is 15.8. The third-order valence-corrected chi connectivity index (χ3v) is 3.53. The predicted molar refractivity (Wildman–Crippen MR) is 84.2 cm³/mol. The van der Waals surface area contributed by atoms with Crippen LogP contribution in [0.15, 0.2) is 18.2 Å². The molecule has 0 saturated carbocycles. The maximum Gasteiger partial charge on any atom is 0.119 e. The van der Waals surface area contributed by atoms with Crippen molar-refractivity contribution in [3.05, 3.63) is 29.3 Å². The van der Waals surface area contributed by atoms with Crippen LogP contribution >= 0.6 is 0 Å². The molecule has 0 spiro atoms. The van der Waals surface area contributed by atoms with Gasteiger partial charge in [0, 0.05) is 25.2 Å². The smallest absolute Gasteiger partial charge is 0.119 e. The van der Waals surface area contributed by atoms with Crippen LogP contribution in [0.3, 0.4) is 0 Å². The SMILES string of the molecule is COc1ccc(C#CCN)c(CN2C[C@@H](C)O[C@@H](C)C2)c1. The summed E-state index contributed by atoms with van der Waals surface area (Å²) in [4.78, 5) is 2.40. The number of nitrogens with two attached hydrogens (primary N) is 1. The van der Waals surface area contributed by atoms with Crippen LogP contribution in [0.2, 0.25) is 0 Å². The van der Waals surface area contributed by atoms with E-state index in [2.05, 4.69) is 36.7 Å². The summed E-state index contributed by atoms with van der Waals surface area (Å²) in [5, 5.41) is 0. The van der Waals surface area contributed by atoms with Gasteiger partial charge in [0.25, 0.3) is 0 Å². The second-order valence-electron chi connectivity index (χ2n) is 5.48. The quantitative estimate of drug-likeness (QED) is 0.859. The summed E-state index contributed by atoms with van der Waals surface area (Å²) in [6.45, 7) is 7.32. The van der Waals surface area contributed by atoms with E-state index in [-0.39, 0.29) is 12.2 Å². The van der Waals surface area contributed by atoms with Gasteiger partial charge in [-0.2, -0.15) is 0 Å². The molecule has 0 unspecified atom stereocenters. The second-order valence-corrected chi connectivity index (χ2v) is 5.48. The van der Waals surface area contributed by atoms with Gasteiger partial charge in [0.15, 0.2) is 0 Å². The first-order valence-corrected chi connectivity index (χ1v) is 7.36. The first-order valence-electron chi connectivity index (χ1n) is 7.36. The lowest BCUT2D eigenvalue weighted by Gasteiger charge is -2.35. The normalized spacial score (nSPS) is 22.5. The van der Waals surface area contributed by atoms with E-state index in [1.165, 1.54) is 5.56 Å². The fourth-order valence-electron chi connectivity index (χ4n) is 2.75. The lowest BCUT2D eigenvalue weighted by atomic mass is 10.1. The number of nitrogens with zero attached hydrogens (tertiary/aromatic N) is 1. The molecule has 1 aromatic rings. The zero-order valence-corrected chi connectivity index (χ0v) is 13.1. The highest BCUT2D eigenvalue weighted by molar-refractivity contribution is 5.45. The fourth-order valence-corrected chi connectivity index (χ4v) is 2.75. The number of rotatable bonds is 3. The van der Waals surface area contributed by atoms with Crippen molar-refractivity contribution >= 4 is 0 Å². The Kier molecular flexibility index (Phi) is 5.63. The number of hydrogen-bond donors (Lipinski definition) is 1. The highest BCUT2D eigenvalue weighted by Gasteiger charge is 2.22. The van der Waals surface area contributed by atoms with Gasteiger partial charge >= 0.3 is 0 Å². The number of methoxy groups -OCH3 is 1. The van der Waals surface area contributed by atoms with Gasteiger partial charge in [0.05, 0.1) is 25.9 Å². The first-order chi connectivity index (χ1) is 10.1. The van der Waals surface area contributed by atoms with Crippen molar-refractivity contribution in [3.8, 4) is 17.6 Å². The molecule has 114 valence electrons. The van der Waals surface area contributed by atoms with E-state index in [1.807, 2.05) is 12.1 Å². The van der Waals surface area contributed by atoms with Crippen molar-refractivity contribution in [1.82, 2.24) is 4.90 Å². The van der Waals surface area contributed by atoms with Crippen LogP contribution in [0.25, 0.3) is 0 Å². The van der Waals surface area contributed by atoms with Crippen LogP contribution in [0.5, 0.6) is 5.75 Å². The van der Waals surface area contributed by atoms with Gasteiger partial charge in [-0.3, -0.25) is 4.90 Å². The Hall–Kier alpha value is -1.54. The Morgan fingerprint density at radius 3 is 2.67 bits per heavy atom. The summed E-state index contributed by atoms with van der Waals surface area (Å²) in [5.74, 6) is 6.94. The van der Waals surface area contributed by atoms with Gasteiger partial charge in [-0.05, 0) is 37.6 Å². The minimum absolute atomic E-state index is 0.262. The minimum atomic E-state index is 0.262. The molecule has 1 saturated heterocycles. The van der Waals surface area contributed by atoms with Gasteiger partial charge in [0.2, 0.25) is 0 Å². The van der Waals surface area contributed by atoms with E-state index < -0.39 is 0 Å². The Morgan fingerprint density at radius 1 is 1.33 bits per heavy atom. The molecule has 2 N–H and O–H groups in total. The molecule has 0 aliphatic carbocycles. The van der Waals surface area contributed by atoms with Gasteiger partial charge in [-0.25, -0.2) is 0 Å². The van der Waals surface area contributed by atoms with Crippen LogP contribution in [-0.4, -0.2) is 43.9 Å². The Morgan fingerprint density at radius 2 is 2.05 bits per heavy atom. The molecule has 1 aliphatic heterocycles. The van der Waals surface area contributed by atoms with Crippen LogP contribution in [0.4, 0.5) is 0 Å². The van der Waals surface area contributed by atoms with E-state index in [0.29, 0.717) is 6.54 Å². The number of morpholine rings is 1. The summed E-state index contributed by atoms with van der Waals surface area (Å²) < 4.78 is 11.1.